The predicted molar refractivity (Wildman–Crippen MR) is 146 cm³/mol. The lowest BCUT2D eigenvalue weighted by molar-refractivity contribution is -0.159. The van der Waals surface area contributed by atoms with Crippen molar-refractivity contribution < 1.29 is 34.1 Å². The minimum Gasteiger partial charge on any atom is -0.481 e. The van der Waals surface area contributed by atoms with Crippen molar-refractivity contribution in [3.63, 3.8) is 0 Å². The molecule has 0 radical (unpaired) electrons. The van der Waals surface area contributed by atoms with Gasteiger partial charge in [-0.3, -0.25) is 14.6 Å². The van der Waals surface area contributed by atoms with Gasteiger partial charge in [0.25, 0.3) is 0 Å². The van der Waals surface area contributed by atoms with E-state index in [1.165, 1.54) is 11.8 Å². The summed E-state index contributed by atoms with van der Waals surface area (Å²) in [5, 5.41) is 25.2. The lowest BCUT2D eigenvalue weighted by Gasteiger charge is -2.28. The Hall–Kier alpha value is -4.30. The number of ether oxygens (including phenoxy) is 1. The molecule has 2 aliphatic rings. The van der Waals surface area contributed by atoms with Gasteiger partial charge < -0.3 is 30.9 Å². The summed E-state index contributed by atoms with van der Waals surface area (Å²) in [5.74, 6) is -2.76. The second-order valence-electron chi connectivity index (χ2n) is 9.14. The number of carboxylic acids is 2. The van der Waals surface area contributed by atoms with Crippen LogP contribution < -0.4 is 20.7 Å². The van der Waals surface area contributed by atoms with Gasteiger partial charge in [0.2, 0.25) is 17.7 Å². The Morgan fingerprint density at radius 2 is 1.85 bits per heavy atom. The number of nitrogens with zero attached hydrogens (tertiary/aromatic N) is 3. The van der Waals surface area contributed by atoms with Crippen LogP contribution in [0.3, 0.4) is 0 Å². The lowest BCUT2D eigenvalue weighted by Crippen LogP contribution is -2.36. The number of anilines is 2. The number of thioether (sulfide) groups is 1. The number of aromatic nitrogens is 3. The molecule has 14 heteroatoms. The van der Waals surface area contributed by atoms with Crippen LogP contribution >= 0.6 is 11.8 Å². The molecule has 3 aromatic rings. The summed E-state index contributed by atoms with van der Waals surface area (Å²) in [6, 6.07) is 7.69. The summed E-state index contributed by atoms with van der Waals surface area (Å²) in [6.45, 7) is 0.679. The summed E-state index contributed by atoms with van der Waals surface area (Å²) >= 11 is 1.46. The molecule has 1 fully saturated rings. The molecule has 2 amide bonds. The van der Waals surface area contributed by atoms with Gasteiger partial charge in [-0.05, 0) is 49.4 Å². The number of hydrogen-bond donors (Lipinski definition) is 5. The van der Waals surface area contributed by atoms with E-state index in [0.717, 1.165) is 42.0 Å². The number of amides is 2. The molecule has 40 heavy (non-hydrogen) atoms. The molecule has 5 N–H and O–H groups in total. The largest absolute Gasteiger partial charge is 0.481 e. The zero-order valence-corrected chi connectivity index (χ0v) is 22.4. The number of pyridine rings is 3. The summed E-state index contributed by atoms with van der Waals surface area (Å²) in [4.78, 5) is 56.0. The fourth-order valence-electron chi connectivity index (χ4n) is 4.40. The standard InChI is InChI=1S/C24H26N6O3S.C2H2O4/c1-33-21-7-6-17-22(30-21)18(8-9-25-17)29-23(32)15-2-4-16(5-3-15)26-11-14-10-19-24(27-12-14)34-13-20(31)28-19;3-1(4)2(5)6/h6-10,12,15-16,26H,2-5,11,13H2,1H3,(H,28,31)(H,25,29,32);(H,3,4)(H,5,6). The Bertz CT molecular complexity index is 1420. The van der Waals surface area contributed by atoms with Gasteiger partial charge in [0.05, 0.1) is 29.8 Å². The molecule has 0 unspecified atom stereocenters. The molecule has 5 rings (SSSR count). The predicted octanol–water partition coefficient (Wildman–Crippen LogP) is 2.52. The zero-order chi connectivity index (χ0) is 28.6. The molecule has 0 bridgehead atoms. The molecule has 4 heterocycles. The van der Waals surface area contributed by atoms with E-state index in [1.54, 1.807) is 25.4 Å². The molecule has 210 valence electrons. The molecule has 13 nitrogen and oxygen atoms in total. The average molecular weight is 569 g/mol. The third-order valence-electron chi connectivity index (χ3n) is 6.42. The second kappa shape index (κ2) is 13.2. The van der Waals surface area contributed by atoms with Gasteiger partial charge in [-0.25, -0.2) is 19.6 Å². The van der Waals surface area contributed by atoms with Crippen LogP contribution in [-0.4, -0.2) is 67.8 Å². The van der Waals surface area contributed by atoms with E-state index in [4.69, 9.17) is 24.5 Å². The maximum atomic E-state index is 13.0. The molecule has 1 saturated carbocycles. The van der Waals surface area contributed by atoms with E-state index in [0.29, 0.717) is 40.9 Å². The number of carbonyl (C=O) groups excluding carboxylic acids is 2. The van der Waals surface area contributed by atoms with Gasteiger partial charge in [-0.15, -0.1) is 0 Å². The number of carbonyl (C=O) groups is 4. The highest BCUT2D eigenvalue weighted by Crippen LogP contribution is 2.31. The third-order valence-corrected chi connectivity index (χ3v) is 7.43. The van der Waals surface area contributed by atoms with E-state index in [1.807, 2.05) is 18.3 Å². The van der Waals surface area contributed by atoms with Crippen LogP contribution in [0, 0.1) is 5.92 Å². The highest BCUT2D eigenvalue weighted by atomic mass is 32.2. The van der Waals surface area contributed by atoms with Crippen LogP contribution in [0.15, 0.2) is 41.7 Å². The van der Waals surface area contributed by atoms with Gasteiger partial charge in [0.15, 0.2) is 0 Å². The molecule has 0 atom stereocenters. The Balaban J connectivity index is 0.000000557. The normalized spacial score (nSPS) is 18.0. The number of nitrogens with one attached hydrogen (secondary N) is 3. The number of hydrogen-bond acceptors (Lipinski definition) is 10. The SMILES string of the molecule is COc1ccc2nccc(NC(=O)C3CCC(NCc4cnc5c(c4)NC(=O)CS5)CC3)c2n1.O=C(O)C(=O)O. The van der Waals surface area contributed by atoms with Crippen molar-refractivity contribution in [2.24, 2.45) is 5.92 Å². The maximum Gasteiger partial charge on any atom is 0.414 e. The molecule has 1 aliphatic carbocycles. The molecular weight excluding hydrogens is 540 g/mol. The van der Waals surface area contributed by atoms with Crippen LogP contribution in [0.4, 0.5) is 11.4 Å². The highest BCUT2D eigenvalue weighted by molar-refractivity contribution is 8.00. The van der Waals surface area contributed by atoms with Gasteiger partial charge >= 0.3 is 11.9 Å². The highest BCUT2D eigenvalue weighted by Gasteiger charge is 2.27. The number of aliphatic carboxylic acids is 2. The Kier molecular flexibility index (Phi) is 9.45. The van der Waals surface area contributed by atoms with E-state index in [-0.39, 0.29) is 17.7 Å². The monoisotopic (exact) mass is 568 g/mol. The van der Waals surface area contributed by atoms with E-state index < -0.39 is 11.9 Å². The maximum absolute atomic E-state index is 13.0. The minimum atomic E-state index is -1.82. The van der Waals surface area contributed by atoms with Crippen LogP contribution in [-0.2, 0) is 25.7 Å². The second-order valence-corrected chi connectivity index (χ2v) is 10.1. The first-order chi connectivity index (χ1) is 19.2. The molecule has 0 aromatic carbocycles. The van der Waals surface area contributed by atoms with E-state index >= 15 is 0 Å². The lowest BCUT2D eigenvalue weighted by atomic mass is 9.85. The van der Waals surface area contributed by atoms with Gasteiger partial charge in [-0.1, -0.05) is 11.8 Å². The number of fused-ring (bicyclic) bond motifs is 2. The summed E-state index contributed by atoms with van der Waals surface area (Å²) in [5.41, 5.74) is 3.81. The molecule has 1 aliphatic heterocycles. The number of rotatable bonds is 6. The van der Waals surface area contributed by atoms with Crippen LogP contribution in [0.25, 0.3) is 11.0 Å². The van der Waals surface area contributed by atoms with Crippen LogP contribution in [0.2, 0.25) is 0 Å². The van der Waals surface area contributed by atoms with E-state index in [2.05, 4.69) is 30.9 Å². The topological polar surface area (TPSA) is 193 Å². The van der Waals surface area contributed by atoms with Crippen molar-refractivity contribution >= 4 is 57.9 Å². The summed E-state index contributed by atoms with van der Waals surface area (Å²) in [6.07, 6.45) is 7.01. The van der Waals surface area contributed by atoms with Crippen molar-refractivity contribution in [1.29, 1.82) is 0 Å². The van der Waals surface area contributed by atoms with E-state index in [9.17, 15) is 9.59 Å². The Morgan fingerprint density at radius 3 is 2.55 bits per heavy atom. The Labute approximate surface area is 233 Å². The van der Waals surface area contributed by atoms with Crippen LogP contribution in [0.5, 0.6) is 5.88 Å². The molecule has 0 saturated heterocycles. The first-order valence-electron chi connectivity index (χ1n) is 12.4. The van der Waals surface area contributed by atoms with Gasteiger partial charge in [0, 0.05) is 37.0 Å². The van der Waals surface area contributed by atoms with Crippen molar-refractivity contribution in [3.8, 4) is 5.88 Å². The average Bonchev–Trinajstić information content (AvgIpc) is 2.96. The number of carboxylic acid groups (broad SMARTS) is 2. The zero-order valence-electron chi connectivity index (χ0n) is 21.5. The minimum absolute atomic E-state index is 0.00990. The first kappa shape index (κ1) is 28.7. The summed E-state index contributed by atoms with van der Waals surface area (Å²) < 4.78 is 5.22. The van der Waals surface area contributed by atoms with Gasteiger partial charge in [0.1, 0.15) is 10.5 Å². The molecule has 0 spiro atoms. The van der Waals surface area contributed by atoms with Crippen molar-refractivity contribution in [1.82, 2.24) is 20.3 Å². The Morgan fingerprint density at radius 1 is 1.10 bits per heavy atom. The molecular formula is C26H28N6O7S. The smallest absolute Gasteiger partial charge is 0.414 e. The fourth-order valence-corrected chi connectivity index (χ4v) is 5.13. The summed E-state index contributed by atoms with van der Waals surface area (Å²) in [7, 11) is 1.56. The molecule has 3 aromatic heterocycles. The first-order valence-corrected chi connectivity index (χ1v) is 13.4. The van der Waals surface area contributed by atoms with Crippen molar-refractivity contribution in [2.45, 2.75) is 43.3 Å². The number of methoxy groups -OCH3 is 1. The van der Waals surface area contributed by atoms with Gasteiger partial charge in [-0.2, -0.15) is 0 Å². The van der Waals surface area contributed by atoms with Crippen molar-refractivity contribution in [2.75, 3.05) is 23.5 Å². The fraction of sp³-hybridized carbons (Fsp3) is 0.346. The van der Waals surface area contributed by atoms with Crippen molar-refractivity contribution in [3.05, 3.63) is 42.2 Å². The quantitative estimate of drug-likeness (QED) is 0.273. The third kappa shape index (κ3) is 7.42. The van der Waals surface area contributed by atoms with Crippen LogP contribution in [0.1, 0.15) is 31.2 Å².